The van der Waals surface area contributed by atoms with E-state index in [1.54, 1.807) is 0 Å². The summed E-state index contributed by atoms with van der Waals surface area (Å²) < 4.78 is 0. The van der Waals surface area contributed by atoms with Gasteiger partial charge in [-0.3, -0.25) is 0 Å². The number of aromatic nitrogens is 2. The lowest BCUT2D eigenvalue weighted by Crippen LogP contribution is -2.28. The lowest BCUT2D eigenvalue weighted by Gasteiger charge is -2.21. The number of hydrogen-bond donors (Lipinski definition) is 1. The minimum absolute atomic E-state index is 0.271. The molecule has 0 spiro atoms. The summed E-state index contributed by atoms with van der Waals surface area (Å²) in [6, 6.07) is 0.626. The van der Waals surface area contributed by atoms with Crippen molar-refractivity contribution in [2.75, 3.05) is 18.1 Å². The maximum Gasteiger partial charge on any atom is 0.225 e. The molecule has 0 amide bonds. The number of aliphatic hydroxyl groups excluding tert-OH is 1. The predicted octanol–water partition coefficient (Wildman–Crippen LogP) is 1.53. The molecule has 1 aromatic heterocycles. The van der Waals surface area contributed by atoms with Crippen LogP contribution in [0.5, 0.6) is 0 Å². The molecule has 4 heteroatoms. The first-order valence-corrected chi connectivity index (χ1v) is 5.97. The molecule has 2 rings (SSSR count). The fourth-order valence-corrected chi connectivity index (χ4v) is 1.76. The molecule has 1 aliphatic rings. The van der Waals surface area contributed by atoms with Crippen LogP contribution in [-0.2, 0) is 0 Å². The van der Waals surface area contributed by atoms with Gasteiger partial charge in [0.25, 0.3) is 0 Å². The van der Waals surface area contributed by atoms with Gasteiger partial charge in [-0.2, -0.15) is 0 Å². The Hall–Kier alpha value is -1.16. The van der Waals surface area contributed by atoms with Crippen molar-refractivity contribution in [3.63, 3.8) is 0 Å². The number of unbranched alkanes of at least 4 members (excludes halogenated alkanes) is 1. The standard InChI is InChI=1S/C12H19N3O/c1-10-8-13-12(14-9-10)15(11-4-5-11)6-2-3-7-16/h8-9,11,16H,2-7H2,1H3. The zero-order chi connectivity index (χ0) is 11.4. The van der Waals surface area contributed by atoms with Gasteiger partial charge in [-0.05, 0) is 38.2 Å². The number of nitrogens with zero attached hydrogens (tertiary/aromatic N) is 3. The van der Waals surface area contributed by atoms with Gasteiger partial charge in [-0.1, -0.05) is 0 Å². The molecule has 1 aliphatic carbocycles. The molecule has 4 nitrogen and oxygen atoms in total. The van der Waals surface area contributed by atoms with E-state index in [-0.39, 0.29) is 6.61 Å². The van der Waals surface area contributed by atoms with Crippen LogP contribution in [0.25, 0.3) is 0 Å². The molecule has 0 saturated heterocycles. The molecule has 0 radical (unpaired) electrons. The van der Waals surface area contributed by atoms with E-state index in [9.17, 15) is 0 Å². The average Bonchev–Trinajstić information content (AvgIpc) is 3.10. The van der Waals surface area contributed by atoms with Crippen molar-refractivity contribution < 1.29 is 5.11 Å². The molecule has 0 bridgehead atoms. The fraction of sp³-hybridized carbons (Fsp3) is 0.667. The summed E-state index contributed by atoms with van der Waals surface area (Å²) in [7, 11) is 0. The number of hydrogen-bond acceptors (Lipinski definition) is 4. The van der Waals surface area contributed by atoms with E-state index >= 15 is 0 Å². The summed E-state index contributed by atoms with van der Waals surface area (Å²) in [5.41, 5.74) is 1.09. The third-order valence-corrected chi connectivity index (χ3v) is 2.82. The highest BCUT2D eigenvalue weighted by Crippen LogP contribution is 2.29. The molecule has 88 valence electrons. The van der Waals surface area contributed by atoms with Gasteiger partial charge in [0.1, 0.15) is 0 Å². The minimum atomic E-state index is 0.271. The van der Waals surface area contributed by atoms with E-state index in [2.05, 4.69) is 14.9 Å². The Labute approximate surface area is 96.3 Å². The second kappa shape index (κ2) is 5.25. The molecular weight excluding hydrogens is 202 g/mol. The van der Waals surface area contributed by atoms with Crippen LogP contribution in [0.2, 0.25) is 0 Å². The maximum absolute atomic E-state index is 8.79. The van der Waals surface area contributed by atoms with Crippen LogP contribution in [0.4, 0.5) is 5.95 Å². The lowest BCUT2D eigenvalue weighted by atomic mass is 10.3. The Morgan fingerprint density at radius 3 is 2.56 bits per heavy atom. The van der Waals surface area contributed by atoms with Gasteiger partial charge in [0.15, 0.2) is 0 Å². The van der Waals surface area contributed by atoms with Crippen LogP contribution in [0.1, 0.15) is 31.2 Å². The lowest BCUT2D eigenvalue weighted by molar-refractivity contribution is 0.285. The van der Waals surface area contributed by atoms with Gasteiger partial charge in [-0.25, -0.2) is 9.97 Å². The van der Waals surface area contributed by atoms with E-state index in [4.69, 9.17) is 5.11 Å². The van der Waals surface area contributed by atoms with Gasteiger partial charge in [0.05, 0.1) is 0 Å². The molecule has 16 heavy (non-hydrogen) atoms. The molecule has 0 atom stereocenters. The van der Waals surface area contributed by atoms with Gasteiger partial charge in [0.2, 0.25) is 5.95 Å². The second-order valence-electron chi connectivity index (χ2n) is 4.42. The van der Waals surface area contributed by atoms with Crippen molar-refractivity contribution in [1.82, 2.24) is 9.97 Å². The second-order valence-corrected chi connectivity index (χ2v) is 4.42. The zero-order valence-electron chi connectivity index (χ0n) is 9.76. The summed E-state index contributed by atoms with van der Waals surface area (Å²) >= 11 is 0. The van der Waals surface area contributed by atoms with Crippen molar-refractivity contribution in [3.8, 4) is 0 Å². The molecule has 1 saturated carbocycles. The molecule has 0 aromatic carbocycles. The van der Waals surface area contributed by atoms with Crippen LogP contribution >= 0.6 is 0 Å². The number of anilines is 1. The molecule has 1 heterocycles. The largest absolute Gasteiger partial charge is 0.396 e. The Morgan fingerprint density at radius 2 is 2.00 bits per heavy atom. The first-order valence-electron chi connectivity index (χ1n) is 5.97. The third-order valence-electron chi connectivity index (χ3n) is 2.82. The van der Waals surface area contributed by atoms with Crippen LogP contribution in [0.15, 0.2) is 12.4 Å². The highest BCUT2D eigenvalue weighted by molar-refractivity contribution is 5.33. The summed E-state index contributed by atoms with van der Waals surface area (Å²) in [4.78, 5) is 11.0. The molecular formula is C12H19N3O. The Balaban J connectivity index is 1.98. The van der Waals surface area contributed by atoms with E-state index in [1.165, 1.54) is 12.8 Å². The van der Waals surface area contributed by atoms with E-state index in [1.807, 2.05) is 19.3 Å². The van der Waals surface area contributed by atoms with Crippen molar-refractivity contribution >= 4 is 5.95 Å². The van der Waals surface area contributed by atoms with Gasteiger partial charge < -0.3 is 10.0 Å². The minimum Gasteiger partial charge on any atom is -0.396 e. The average molecular weight is 221 g/mol. The van der Waals surface area contributed by atoms with E-state index < -0.39 is 0 Å². The van der Waals surface area contributed by atoms with Crippen molar-refractivity contribution in [3.05, 3.63) is 18.0 Å². The number of aliphatic hydroxyl groups is 1. The Morgan fingerprint density at radius 1 is 1.31 bits per heavy atom. The molecule has 0 unspecified atom stereocenters. The first kappa shape index (κ1) is 11.3. The maximum atomic E-state index is 8.79. The molecule has 0 aliphatic heterocycles. The molecule has 1 N–H and O–H groups in total. The van der Waals surface area contributed by atoms with Crippen LogP contribution in [0.3, 0.4) is 0 Å². The predicted molar refractivity (Wildman–Crippen MR) is 63.5 cm³/mol. The van der Waals surface area contributed by atoms with Gasteiger partial charge in [0, 0.05) is 31.6 Å². The van der Waals surface area contributed by atoms with Gasteiger partial charge >= 0.3 is 0 Å². The van der Waals surface area contributed by atoms with E-state index in [0.717, 1.165) is 30.9 Å². The third kappa shape index (κ3) is 2.92. The Kier molecular flexibility index (Phi) is 3.72. The Bertz CT molecular complexity index is 322. The summed E-state index contributed by atoms with van der Waals surface area (Å²) in [5, 5.41) is 8.79. The van der Waals surface area contributed by atoms with Crippen LogP contribution < -0.4 is 4.90 Å². The van der Waals surface area contributed by atoms with Gasteiger partial charge in [-0.15, -0.1) is 0 Å². The van der Waals surface area contributed by atoms with Crippen LogP contribution in [-0.4, -0.2) is 34.3 Å². The topological polar surface area (TPSA) is 49.2 Å². The first-order chi connectivity index (χ1) is 7.81. The number of rotatable bonds is 6. The zero-order valence-corrected chi connectivity index (χ0v) is 9.76. The molecule has 1 fully saturated rings. The quantitative estimate of drug-likeness (QED) is 0.740. The fourth-order valence-electron chi connectivity index (χ4n) is 1.76. The summed E-state index contributed by atoms with van der Waals surface area (Å²) in [5.74, 6) is 0.839. The van der Waals surface area contributed by atoms with Crippen molar-refractivity contribution in [2.24, 2.45) is 0 Å². The SMILES string of the molecule is Cc1cnc(N(CCCCO)C2CC2)nc1. The van der Waals surface area contributed by atoms with Crippen molar-refractivity contribution in [1.29, 1.82) is 0 Å². The highest BCUT2D eigenvalue weighted by atomic mass is 16.2. The molecule has 1 aromatic rings. The van der Waals surface area contributed by atoms with E-state index in [0.29, 0.717) is 6.04 Å². The summed E-state index contributed by atoms with van der Waals surface area (Å²) in [6.45, 7) is 3.22. The normalized spacial score (nSPS) is 15.1. The van der Waals surface area contributed by atoms with Crippen LogP contribution in [0, 0.1) is 6.92 Å². The smallest absolute Gasteiger partial charge is 0.225 e. The van der Waals surface area contributed by atoms with Crippen molar-refractivity contribution in [2.45, 2.75) is 38.6 Å². The number of aryl methyl sites for hydroxylation is 1. The highest BCUT2D eigenvalue weighted by Gasteiger charge is 2.30. The monoisotopic (exact) mass is 221 g/mol. The summed E-state index contributed by atoms with van der Waals surface area (Å²) in [6.07, 6.45) is 8.08.